The first-order valence-corrected chi connectivity index (χ1v) is 10.9. The molecule has 0 spiro atoms. The number of oxazole rings is 1. The molecule has 2 aromatic heterocycles. The number of hydrogen-bond donors (Lipinski definition) is 1. The average Bonchev–Trinajstić information content (AvgIpc) is 3.18. The van der Waals surface area contributed by atoms with Crippen molar-refractivity contribution in [2.75, 3.05) is 17.9 Å². The van der Waals surface area contributed by atoms with Crippen LogP contribution < -0.4 is 14.2 Å². The number of anilines is 1. The van der Waals surface area contributed by atoms with Crippen LogP contribution in [0.1, 0.15) is 24.7 Å². The molecule has 1 aliphatic heterocycles. The zero-order chi connectivity index (χ0) is 18.4. The number of aromatic nitrogens is 1. The first-order valence-electron chi connectivity index (χ1n) is 8.57. The lowest BCUT2D eigenvalue weighted by atomic mass is 10.3. The molecule has 9 heteroatoms. The van der Waals surface area contributed by atoms with Gasteiger partial charge >= 0.3 is 0 Å². The van der Waals surface area contributed by atoms with E-state index < -0.39 is 10.0 Å². The molecular formula is C18H16N2O5S2. The molecule has 140 valence electrons. The summed E-state index contributed by atoms with van der Waals surface area (Å²) in [6.45, 7) is 0.928. The lowest BCUT2D eigenvalue weighted by Crippen LogP contribution is -2.16. The Morgan fingerprint density at radius 1 is 1.07 bits per heavy atom. The van der Waals surface area contributed by atoms with Crippen LogP contribution in [0.4, 0.5) is 5.69 Å². The van der Waals surface area contributed by atoms with Gasteiger partial charge in [0, 0.05) is 12.0 Å². The highest BCUT2D eigenvalue weighted by atomic mass is 32.2. The van der Waals surface area contributed by atoms with Crippen LogP contribution in [0.5, 0.6) is 11.5 Å². The van der Waals surface area contributed by atoms with Crippen LogP contribution in [0.3, 0.4) is 0 Å². The van der Waals surface area contributed by atoms with Gasteiger partial charge in [-0.05, 0) is 37.1 Å². The molecule has 0 unspecified atom stereocenters. The van der Waals surface area contributed by atoms with Crippen LogP contribution in [0.2, 0.25) is 0 Å². The maximum atomic E-state index is 12.7. The second-order valence-electron chi connectivity index (χ2n) is 6.42. The van der Waals surface area contributed by atoms with Crippen molar-refractivity contribution in [1.82, 2.24) is 4.98 Å². The Morgan fingerprint density at radius 3 is 2.70 bits per heavy atom. The number of thiophene rings is 1. The van der Waals surface area contributed by atoms with Gasteiger partial charge in [0.1, 0.15) is 17.4 Å². The lowest BCUT2D eigenvalue weighted by Gasteiger charge is -2.19. The van der Waals surface area contributed by atoms with Crippen LogP contribution in [-0.2, 0) is 10.0 Å². The third kappa shape index (κ3) is 3.28. The first kappa shape index (κ1) is 16.6. The number of fused-ring (bicyclic) bond motifs is 1. The van der Waals surface area contributed by atoms with E-state index in [0.29, 0.717) is 42.1 Å². The van der Waals surface area contributed by atoms with E-state index in [0.717, 1.165) is 34.9 Å². The molecule has 0 bridgehead atoms. The number of ether oxygens (including phenoxy) is 2. The standard InChI is InChI=1S/C18H16N2O5S2/c21-27(22,20-12-3-4-13-14(9-12)24-8-7-23-13)17-6-5-16(26-17)15-10-19-18(25-15)11-1-2-11/h3-6,9-11,20H,1-2,7-8H2. The monoisotopic (exact) mass is 404 g/mol. The number of nitrogens with zero attached hydrogens (tertiary/aromatic N) is 1. The smallest absolute Gasteiger partial charge is 0.271 e. The van der Waals surface area contributed by atoms with Crippen molar-refractivity contribution in [3.05, 3.63) is 42.4 Å². The third-order valence-electron chi connectivity index (χ3n) is 4.33. The van der Waals surface area contributed by atoms with E-state index in [1.165, 1.54) is 0 Å². The van der Waals surface area contributed by atoms with Gasteiger partial charge in [-0.3, -0.25) is 4.72 Å². The highest BCUT2D eigenvalue weighted by Crippen LogP contribution is 2.41. The summed E-state index contributed by atoms with van der Waals surface area (Å²) in [7, 11) is -3.71. The first-order chi connectivity index (χ1) is 13.1. The molecule has 3 aromatic rings. The zero-order valence-corrected chi connectivity index (χ0v) is 15.8. The molecular weight excluding hydrogens is 388 g/mol. The van der Waals surface area contributed by atoms with Crippen molar-refractivity contribution in [3.8, 4) is 22.1 Å². The quantitative estimate of drug-likeness (QED) is 0.695. The minimum absolute atomic E-state index is 0.205. The normalized spacial score (nSPS) is 16.3. The summed E-state index contributed by atoms with van der Waals surface area (Å²) in [6.07, 6.45) is 3.86. The van der Waals surface area contributed by atoms with E-state index in [2.05, 4.69) is 9.71 Å². The molecule has 0 atom stereocenters. The largest absolute Gasteiger partial charge is 0.486 e. The molecule has 2 aliphatic rings. The van der Waals surface area contributed by atoms with Crippen LogP contribution in [-0.4, -0.2) is 26.6 Å². The van der Waals surface area contributed by atoms with Crippen LogP contribution >= 0.6 is 11.3 Å². The van der Waals surface area contributed by atoms with E-state index in [1.807, 2.05) is 0 Å². The lowest BCUT2D eigenvalue weighted by molar-refractivity contribution is 0.171. The van der Waals surface area contributed by atoms with Gasteiger partial charge in [-0.15, -0.1) is 11.3 Å². The van der Waals surface area contributed by atoms with Crippen molar-refractivity contribution in [2.24, 2.45) is 0 Å². The summed E-state index contributed by atoms with van der Waals surface area (Å²) in [6, 6.07) is 8.27. The van der Waals surface area contributed by atoms with Crippen LogP contribution in [0, 0.1) is 0 Å². The molecule has 1 aliphatic carbocycles. The van der Waals surface area contributed by atoms with Gasteiger partial charge in [0.05, 0.1) is 16.8 Å². The fraction of sp³-hybridized carbons (Fsp3) is 0.278. The Kier molecular flexibility index (Phi) is 3.87. The van der Waals surface area contributed by atoms with E-state index >= 15 is 0 Å². The Bertz CT molecular complexity index is 1100. The Hall–Kier alpha value is -2.52. The number of nitrogens with one attached hydrogen (secondary N) is 1. The number of sulfonamides is 1. The second kappa shape index (κ2) is 6.28. The molecule has 7 nitrogen and oxygen atoms in total. The highest BCUT2D eigenvalue weighted by Gasteiger charge is 2.29. The Labute approximate surface area is 160 Å². The van der Waals surface area contributed by atoms with Gasteiger partial charge in [-0.25, -0.2) is 13.4 Å². The minimum Gasteiger partial charge on any atom is -0.486 e. The van der Waals surface area contributed by atoms with Gasteiger partial charge in [-0.2, -0.15) is 0 Å². The molecule has 0 amide bonds. The fourth-order valence-corrected chi connectivity index (χ4v) is 5.13. The Balaban J connectivity index is 1.37. The summed E-state index contributed by atoms with van der Waals surface area (Å²) in [4.78, 5) is 5.02. The SMILES string of the molecule is O=S(=O)(Nc1ccc2c(c1)OCCO2)c1ccc(-c2cnc(C3CC3)o2)s1. The molecule has 5 rings (SSSR count). The predicted molar refractivity (Wildman–Crippen MR) is 100 cm³/mol. The molecule has 0 radical (unpaired) electrons. The van der Waals surface area contributed by atoms with Crippen molar-refractivity contribution in [2.45, 2.75) is 23.0 Å². The van der Waals surface area contributed by atoms with Gasteiger partial charge in [-0.1, -0.05) is 0 Å². The molecule has 3 heterocycles. The number of benzene rings is 1. The van der Waals surface area contributed by atoms with Gasteiger partial charge in [0.2, 0.25) is 0 Å². The van der Waals surface area contributed by atoms with Crippen LogP contribution in [0.15, 0.2) is 45.2 Å². The molecule has 27 heavy (non-hydrogen) atoms. The van der Waals surface area contributed by atoms with E-state index in [4.69, 9.17) is 13.9 Å². The fourth-order valence-electron chi connectivity index (χ4n) is 2.83. The maximum absolute atomic E-state index is 12.7. The highest BCUT2D eigenvalue weighted by molar-refractivity contribution is 7.94. The topological polar surface area (TPSA) is 90.7 Å². The molecule has 1 N–H and O–H groups in total. The van der Waals surface area contributed by atoms with Gasteiger partial charge < -0.3 is 13.9 Å². The average molecular weight is 404 g/mol. The zero-order valence-electron chi connectivity index (χ0n) is 14.2. The van der Waals surface area contributed by atoms with E-state index in [1.54, 1.807) is 36.5 Å². The second-order valence-corrected chi connectivity index (χ2v) is 9.41. The summed E-state index contributed by atoms with van der Waals surface area (Å²) in [5.41, 5.74) is 0.421. The van der Waals surface area contributed by atoms with Crippen LogP contribution in [0.25, 0.3) is 10.6 Å². The van der Waals surface area contributed by atoms with Gasteiger partial charge in [0.25, 0.3) is 10.0 Å². The van der Waals surface area contributed by atoms with Crippen molar-refractivity contribution >= 4 is 27.0 Å². The molecule has 1 saturated carbocycles. The minimum atomic E-state index is -3.71. The predicted octanol–water partition coefficient (Wildman–Crippen LogP) is 3.85. The number of hydrogen-bond acceptors (Lipinski definition) is 7. The number of rotatable bonds is 5. The summed E-state index contributed by atoms with van der Waals surface area (Å²) in [5, 5.41) is 0. The summed E-state index contributed by atoms with van der Waals surface area (Å²) < 4.78 is 44.9. The van der Waals surface area contributed by atoms with Crippen molar-refractivity contribution < 1.29 is 22.3 Å². The van der Waals surface area contributed by atoms with Gasteiger partial charge in [0.15, 0.2) is 23.1 Å². The summed E-state index contributed by atoms with van der Waals surface area (Å²) in [5.74, 6) is 2.89. The molecule has 1 aromatic carbocycles. The van der Waals surface area contributed by atoms with E-state index in [-0.39, 0.29) is 4.21 Å². The van der Waals surface area contributed by atoms with Crippen molar-refractivity contribution in [3.63, 3.8) is 0 Å². The molecule has 1 fully saturated rings. The maximum Gasteiger partial charge on any atom is 0.271 e. The molecule has 0 saturated heterocycles. The third-order valence-corrected chi connectivity index (χ3v) is 7.31. The Morgan fingerprint density at radius 2 is 1.89 bits per heavy atom. The van der Waals surface area contributed by atoms with Crippen molar-refractivity contribution in [1.29, 1.82) is 0 Å². The van der Waals surface area contributed by atoms with E-state index in [9.17, 15) is 8.42 Å². The summed E-state index contributed by atoms with van der Waals surface area (Å²) >= 11 is 1.15.